The maximum atomic E-state index is 14.8. The Labute approximate surface area is 194 Å². The van der Waals surface area contributed by atoms with Gasteiger partial charge in [0, 0.05) is 25.4 Å². The van der Waals surface area contributed by atoms with Crippen LogP contribution in [0.15, 0.2) is 18.3 Å². The molecule has 1 amide bonds. The van der Waals surface area contributed by atoms with Gasteiger partial charge in [0.25, 0.3) is 5.91 Å². The van der Waals surface area contributed by atoms with Crippen molar-refractivity contribution in [3.05, 3.63) is 47.0 Å². The maximum absolute atomic E-state index is 14.8. The van der Waals surface area contributed by atoms with E-state index < -0.39 is 27.4 Å². The predicted molar refractivity (Wildman–Crippen MR) is 124 cm³/mol. The second kappa shape index (κ2) is 10.3. The minimum absolute atomic E-state index is 0.0988. The number of carbonyl (C=O) groups is 1. The second-order valence-corrected chi connectivity index (χ2v) is 11.8. The van der Waals surface area contributed by atoms with E-state index in [1.807, 2.05) is 20.8 Å². The van der Waals surface area contributed by atoms with E-state index >= 15 is 0 Å². The van der Waals surface area contributed by atoms with Gasteiger partial charge in [-0.15, -0.1) is 0 Å². The molecule has 0 unspecified atom stereocenters. The van der Waals surface area contributed by atoms with Gasteiger partial charge in [0.05, 0.1) is 5.25 Å². The lowest BCUT2D eigenvalue weighted by molar-refractivity contribution is 0.0939. The fourth-order valence-electron chi connectivity index (χ4n) is 4.50. The summed E-state index contributed by atoms with van der Waals surface area (Å²) in [6, 6.07) is 2.68. The second-order valence-electron chi connectivity index (χ2n) is 9.45. The van der Waals surface area contributed by atoms with Crippen molar-refractivity contribution in [2.24, 2.45) is 11.8 Å². The van der Waals surface area contributed by atoms with Gasteiger partial charge in [-0.25, -0.2) is 22.2 Å². The van der Waals surface area contributed by atoms with E-state index in [9.17, 15) is 22.0 Å². The molecule has 0 radical (unpaired) electrons. The molecule has 6 nitrogen and oxygen atoms in total. The summed E-state index contributed by atoms with van der Waals surface area (Å²) in [7, 11) is -3.03. The van der Waals surface area contributed by atoms with Gasteiger partial charge in [-0.1, -0.05) is 20.8 Å². The molecular formula is C24H33F2N3O3S. The van der Waals surface area contributed by atoms with E-state index in [0.29, 0.717) is 43.6 Å². The monoisotopic (exact) mass is 481 g/mol. The largest absolute Gasteiger partial charge is 0.350 e. The minimum Gasteiger partial charge on any atom is -0.350 e. The first-order chi connectivity index (χ1) is 15.5. The lowest BCUT2D eigenvalue weighted by atomic mass is 9.89. The van der Waals surface area contributed by atoms with Gasteiger partial charge in [0.15, 0.2) is 11.6 Å². The lowest BCUT2D eigenvalue weighted by Gasteiger charge is -2.27. The third kappa shape index (κ3) is 6.19. The lowest BCUT2D eigenvalue weighted by Crippen LogP contribution is -2.34. The van der Waals surface area contributed by atoms with Crippen molar-refractivity contribution in [3.63, 3.8) is 0 Å². The van der Waals surface area contributed by atoms with Gasteiger partial charge in [-0.05, 0) is 61.6 Å². The van der Waals surface area contributed by atoms with E-state index in [1.54, 1.807) is 0 Å². The zero-order chi connectivity index (χ0) is 24.3. The quantitative estimate of drug-likeness (QED) is 0.611. The van der Waals surface area contributed by atoms with Crippen molar-refractivity contribution in [2.45, 2.75) is 64.5 Å². The number of nitrogens with zero attached hydrogens (tertiary/aromatic N) is 2. The van der Waals surface area contributed by atoms with Crippen molar-refractivity contribution in [1.82, 2.24) is 14.9 Å². The molecule has 1 saturated carbocycles. The topological polar surface area (TPSA) is 81.1 Å². The number of imidazole rings is 1. The zero-order valence-electron chi connectivity index (χ0n) is 19.7. The Morgan fingerprint density at radius 3 is 2.30 bits per heavy atom. The molecule has 0 aliphatic heterocycles. The third-order valence-electron chi connectivity index (χ3n) is 6.24. The molecule has 1 fully saturated rings. The number of aromatic nitrogens is 2. The summed E-state index contributed by atoms with van der Waals surface area (Å²) < 4.78 is 54.4. The molecule has 33 heavy (non-hydrogen) atoms. The van der Waals surface area contributed by atoms with Crippen molar-refractivity contribution in [3.8, 4) is 5.69 Å². The van der Waals surface area contributed by atoms with E-state index in [0.717, 1.165) is 12.8 Å². The molecule has 182 valence electrons. The van der Waals surface area contributed by atoms with E-state index in [4.69, 9.17) is 0 Å². The molecule has 0 atom stereocenters. The maximum Gasteiger partial charge on any atom is 0.271 e. The summed E-state index contributed by atoms with van der Waals surface area (Å²) in [6.45, 7) is 6.19. The number of rotatable bonds is 8. The van der Waals surface area contributed by atoms with Crippen LogP contribution in [0.4, 0.5) is 8.78 Å². The Kier molecular flexibility index (Phi) is 7.92. The number of hydrogen-bond acceptors (Lipinski definition) is 4. The number of amides is 1. The molecule has 1 aliphatic rings. The van der Waals surface area contributed by atoms with Gasteiger partial charge >= 0.3 is 0 Å². The molecule has 2 aromatic rings. The number of sulfone groups is 1. The molecule has 1 aromatic carbocycles. The normalized spacial score (nSPS) is 19.1. The third-order valence-corrected chi connectivity index (χ3v) is 7.92. The standard InChI is InChI=1S/C24H33F2N3O3S/c1-5-22-28-21(24(30)27-13-16-6-8-18(9-7-16)33(4,31)32)14-29(22)23-19(25)11-17(10-15(2)3)12-20(23)26/h11-12,14-16,18H,5-10,13H2,1-4H3,(H,27,30)/t16-,18-. The van der Waals surface area contributed by atoms with Crippen LogP contribution in [-0.4, -0.2) is 41.9 Å². The Bertz CT molecular complexity index is 1080. The van der Waals surface area contributed by atoms with Crippen LogP contribution >= 0.6 is 0 Å². The summed E-state index contributed by atoms with van der Waals surface area (Å²) >= 11 is 0. The number of benzene rings is 1. The number of hydrogen-bond donors (Lipinski definition) is 1. The van der Waals surface area contributed by atoms with E-state index in [1.165, 1.54) is 29.2 Å². The first-order valence-corrected chi connectivity index (χ1v) is 13.5. The molecule has 1 N–H and O–H groups in total. The molecule has 0 spiro atoms. The molecule has 3 rings (SSSR count). The average molecular weight is 482 g/mol. The van der Waals surface area contributed by atoms with Crippen molar-refractivity contribution < 1.29 is 22.0 Å². The molecule has 1 heterocycles. The summed E-state index contributed by atoms with van der Waals surface area (Å²) in [5.41, 5.74) is 0.456. The summed E-state index contributed by atoms with van der Waals surface area (Å²) in [5.74, 6) is -0.928. The summed E-state index contributed by atoms with van der Waals surface area (Å²) in [5, 5.41) is 2.54. The van der Waals surface area contributed by atoms with Crippen LogP contribution in [-0.2, 0) is 22.7 Å². The molecule has 9 heteroatoms. The van der Waals surface area contributed by atoms with Crippen molar-refractivity contribution >= 4 is 15.7 Å². The first-order valence-electron chi connectivity index (χ1n) is 11.5. The van der Waals surface area contributed by atoms with E-state index in [2.05, 4.69) is 10.3 Å². The number of carbonyl (C=O) groups excluding carboxylic acids is 1. The van der Waals surface area contributed by atoms with Gasteiger partial charge in [0.1, 0.15) is 27.0 Å². The highest BCUT2D eigenvalue weighted by atomic mass is 32.2. The highest BCUT2D eigenvalue weighted by molar-refractivity contribution is 7.91. The first kappa shape index (κ1) is 25.3. The van der Waals surface area contributed by atoms with Gasteiger partial charge in [0.2, 0.25) is 0 Å². The Balaban J connectivity index is 1.72. The Morgan fingerprint density at radius 2 is 1.79 bits per heavy atom. The number of aryl methyl sites for hydroxylation is 1. The molecule has 0 saturated heterocycles. The minimum atomic E-state index is -3.03. The Hall–Kier alpha value is -2.29. The van der Waals surface area contributed by atoms with E-state index in [-0.39, 0.29) is 28.5 Å². The molecular weight excluding hydrogens is 448 g/mol. The molecule has 1 aliphatic carbocycles. The van der Waals surface area contributed by atoms with Gasteiger partial charge < -0.3 is 5.32 Å². The molecule has 1 aromatic heterocycles. The van der Waals surface area contributed by atoms with Crippen LogP contribution in [0.5, 0.6) is 0 Å². The highest BCUT2D eigenvalue weighted by Crippen LogP contribution is 2.28. The van der Waals surface area contributed by atoms with Crippen LogP contribution in [0.2, 0.25) is 0 Å². The van der Waals surface area contributed by atoms with Crippen LogP contribution in [0.3, 0.4) is 0 Å². The van der Waals surface area contributed by atoms with Gasteiger partial charge in [-0.3, -0.25) is 9.36 Å². The van der Waals surface area contributed by atoms with Crippen LogP contribution < -0.4 is 5.32 Å². The van der Waals surface area contributed by atoms with Crippen LogP contribution in [0.25, 0.3) is 5.69 Å². The van der Waals surface area contributed by atoms with Gasteiger partial charge in [-0.2, -0.15) is 0 Å². The summed E-state index contributed by atoms with van der Waals surface area (Å²) in [6.07, 6.45) is 6.26. The van der Waals surface area contributed by atoms with Crippen molar-refractivity contribution in [1.29, 1.82) is 0 Å². The number of halogens is 2. The summed E-state index contributed by atoms with van der Waals surface area (Å²) in [4.78, 5) is 17.0. The predicted octanol–water partition coefficient (Wildman–Crippen LogP) is 4.24. The smallest absolute Gasteiger partial charge is 0.271 e. The van der Waals surface area contributed by atoms with Crippen LogP contribution in [0, 0.1) is 23.5 Å². The SMILES string of the molecule is CCc1nc(C(=O)NC[C@H]2CC[C@H](S(C)(=O)=O)CC2)cn1-c1c(F)cc(CC(C)C)cc1F. The zero-order valence-corrected chi connectivity index (χ0v) is 20.5. The van der Waals surface area contributed by atoms with Crippen molar-refractivity contribution in [2.75, 3.05) is 12.8 Å². The average Bonchev–Trinajstić information content (AvgIpc) is 3.14. The van der Waals surface area contributed by atoms with Crippen LogP contribution in [0.1, 0.15) is 68.3 Å². The fourth-order valence-corrected chi connectivity index (χ4v) is 5.63. The fraction of sp³-hybridized carbons (Fsp3) is 0.583. The Morgan fingerprint density at radius 1 is 1.18 bits per heavy atom. The molecule has 0 bridgehead atoms. The highest BCUT2D eigenvalue weighted by Gasteiger charge is 2.28. The number of nitrogens with one attached hydrogen (secondary N) is 1.